The summed E-state index contributed by atoms with van der Waals surface area (Å²) in [5, 5.41) is 20.5. The van der Waals surface area contributed by atoms with E-state index in [9.17, 15) is 23.5 Å². The largest absolute Gasteiger partial charge is 0.381 e. The Kier molecular flexibility index (Phi) is 6.84. The first kappa shape index (κ1) is 21.5. The van der Waals surface area contributed by atoms with E-state index in [0.29, 0.717) is 12.5 Å². The van der Waals surface area contributed by atoms with Crippen LogP contribution in [-0.2, 0) is 4.79 Å². The van der Waals surface area contributed by atoms with Crippen molar-refractivity contribution in [3.8, 4) is 11.8 Å². The van der Waals surface area contributed by atoms with E-state index in [4.69, 9.17) is 5.21 Å². The molecule has 0 radical (unpaired) electrons. The molecule has 2 atom stereocenters. The molecule has 1 rings (SSSR count). The van der Waals surface area contributed by atoms with Gasteiger partial charge in [-0.05, 0) is 52.0 Å². The molecule has 6 nitrogen and oxygen atoms in total. The molecule has 8 heteroatoms. The molecule has 0 aliphatic rings. The Bertz CT molecular complexity index is 713. The molecule has 2 unspecified atom stereocenters. The lowest BCUT2D eigenvalue weighted by Crippen LogP contribution is -2.61. The average Bonchev–Trinajstić information content (AvgIpc) is 2.56. The first-order valence-corrected chi connectivity index (χ1v) is 7.77. The molecule has 1 aromatic rings. The highest BCUT2D eigenvalue weighted by Gasteiger charge is 2.46. The summed E-state index contributed by atoms with van der Waals surface area (Å²) in [6, 6.07) is 3.90. The van der Waals surface area contributed by atoms with Crippen LogP contribution in [0.2, 0.25) is 0 Å². The van der Waals surface area contributed by atoms with Crippen LogP contribution in [0.4, 0.5) is 8.78 Å². The molecule has 0 aliphatic carbocycles. The van der Waals surface area contributed by atoms with Crippen LogP contribution in [0.15, 0.2) is 24.3 Å². The lowest BCUT2D eigenvalue weighted by Gasteiger charge is -2.30. The van der Waals surface area contributed by atoms with Crippen molar-refractivity contribution in [1.29, 1.82) is 0 Å². The lowest BCUT2D eigenvalue weighted by atomic mass is 9.95. The molecule has 4 N–H and O–H groups in total. The normalized spacial score (nSPS) is 14.7. The fourth-order valence-corrected chi connectivity index (χ4v) is 1.85. The Morgan fingerprint density at radius 2 is 1.65 bits per heavy atom. The summed E-state index contributed by atoms with van der Waals surface area (Å²) in [6.07, 6.45) is -3.33. The van der Waals surface area contributed by atoms with Crippen molar-refractivity contribution in [3.63, 3.8) is 0 Å². The van der Waals surface area contributed by atoms with Gasteiger partial charge in [-0.2, -0.15) is 0 Å². The van der Waals surface area contributed by atoms with Gasteiger partial charge in [0.05, 0.1) is 0 Å². The Morgan fingerprint density at radius 1 is 1.12 bits per heavy atom. The summed E-state index contributed by atoms with van der Waals surface area (Å²) in [5.41, 5.74) is -1.18. The Hall–Kier alpha value is -2.50. The van der Waals surface area contributed by atoms with Gasteiger partial charge in [0.25, 0.3) is 18.2 Å². The number of hydroxylamine groups is 1. The quantitative estimate of drug-likeness (QED) is 0.361. The van der Waals surface area contributed by atoms with Crippen LogP contribution < -0.4 is 10.8 Å². The molecule has 0 heterocycles. The van der Waals surface area contributed by atoms with E-state index in [0.717, 1.165) is 5.48 Å². The van der Waals surface area contributed by atoms with Gasteiger partial charge in [0.2, 0.25) is 0 Å². The summed E-state index contributed by atoms with van der Waals surface area (Å²) >= 11 is 0. The summed E-state index contributed by atoms with van der Waals surface area (Å²) in [4.78, 5) is 23.8. The highest BCUT2D eigenvalue weighted by Crippen LogP contribution is 2.20. The van der Waals surface area contributed by atoms with E-state index >= 15 is 0 Å². The number of benzene rings is 1. The summed E-state index contributed by atoms with van der Waals surface area (Å²) < 4.78 is 25.9. The minimum absolute atomic E-state index is 0.0760. The Morgan fingerprint density at radius 3 is 2.08 bits per heavy atom. The van der Waals surface area contributed by atoms with E-state index < -0.39 is 29.9 Å². The number of alkyl halides is 2. The maximum atomic E-state index is 13.0. The minimum atomic E-state index is -3.33. The standard InChI is InChI=1S/C18H22F2N2O4/c1-17(2,3)10-9-11-5-7-12(8-6-11)14(23)21-13(15(24)22-26)18(4,25)16(19)20/h5-8,13,16,25-26H,1-4H3,(H,21,23)(H,22,24). The predicted molar refractivity (Wildman–Crippen MR) is 90.6 cm³/mol. The molecule has 0 aliphatic heterocycles. The maximum Gasteiger partial charge on any atom is 0.269 e. The van der Waals surface area contributed by atoms with E-state index in [-0.39, 0.29) is 11.0 Å². The zero-order valence-electron chi connectivity index (χ0n) is 14.9. The summed E-state index contributed by atoms with van der Waals surface area (Å²) in [5.74, 6) is 3.74. The highest BCUT2D eigenvalue weighted by atomic mass is 19.3. The SMILES string of the molecule is CC(C)(C)C#Cc1ccc(C(=O)NC(C(=O)NO)C(C)(O)C(F)F)cc1. The molecule has 0 bridgehead atoms. The summed E-state index contributed by atoms with van der Waals surface area (Å²) in [6.45, 7) is 6.53. The van der Waals surface area contributed by atoms with Crippen molar-refractivity contribution < 1.29 is 28.7 Å². The molecule has 142 valence electrons. The zero-order chi connectivity index (χ0) is 20.1. The third-order valence-electron chi connectivity index (χ3n) is 3.40. The predicted octanol–water partition coefficient (Wildman–Crippen LogP) is 1.70. The zero-order valence-corrected chi connectivity index (χ0v) is 14.9. The summed E-state index contributed by atoms with van der Waals surface area (Å²) in [7, 11) is 0. The van der Waals surface area contributed by atoms with Crippen LogP contribution >= 0.6 is 0 Å². The second-order valence-electron chi connectivity index (χ2n) is 6.99. The highest BCUT2D eigenvalue weighted by molar-refractivity contribution is 5.97. The third kappa shape index (κ3) is 5.79. The molecule has 0 aromatic heterocycles. The van der Waals surface area contributed by atoms with Crippen molar-refractivity contribution in [2.75, 3.05) is 0 Å². The molecule has 2 amide bonds. The lowest BCUT2D eigenvalue weighted by molar-refractivity contribution is -0.149. The molecule has 0 saturated heterocycles. The van der Waals surface area contributed by atoms with Gasteiger partial charge in [-0.1, -0.05) is 11.8 Å². The van der Waals surface area contributed by atoms with E-state index in [1.807, 2.05) is 26.1 Å². The number of nitrogens with one attached hydrogen (secondary N) is 2. The van der Waals surface area contributed by atoms with Crippen LogP contribution in [0.3, 0.4) is 0 Å². The van der Waals surface area contributed by atoms with Gasteiger partial charge < -0.3 is 10.4 Å². The van der Waals surface area contributed by atoms with Gasteiger partial charge in [-0.3, -0.25) is 14.8 Å². The monoisotopic (exact) mass is 368 g/mol. The Labute approximate surface area is 150 Å². The van der Waals surface area contributed by atoms with Crippen LogP contribution in [0.1, 0.15) is 43.6 Å². The second kappa shape index (κ2) is 8.25. The topological polar surface area (TPSA) is 98.7 Å². The van der Waals surface area contributed by atoms with Gasteiger partial charge in [-0.15, -0.1) is 0 Å². The molecular weight excluding hydrogens is 346 g/mol. The average molecular weight is 368 g/mol. The number of amides is 2. The Balaban J connectivity index is 3.00. The first-order valence-electron chi connectivity index (χ1n) is 7.77. The van der Waals surface area contributed by atoms with Crippen LogP contribution in [0, 0.1) is 17.3 Å². The number of rotatable bonds is 5. The third-order valence-corrected chi connectivity index (χ3v) is 3.40. The number of carbonyl (C=O) groups is 2. The second-order valence-corrected chi connectivity index (χ2v) is 6.99. The number of carbonyl (C=O) groups excluding carboxylic acids is 2. The van der Waals surface area contributed by atoms with Crippen molar-refractivity contribution in [1.82, 2.24) is 10.8 Å². The van der Waals surface area contributed by atoms with Crippen molar-refractivity contribution in [2.24, 2.45) is 5.41 Å². The number of hydrogen-bond acceptors (Lipinski definition) is 4. The van der Waals surface area contributed by atoms with Crippen molar-refractivity contribution in [3.05, 3.63) is 35.4 Å². The molecule has 0 saturated carbocycles. The van der Waals surface area contributed by atoms with Crippen molar-refractivity contribution >= 4 is 11.8 Å². The van der Waals surface area contributed by atoms with Gasteiger partial charge in [0.1, 0.15) is 6.04 Å². The smallest absolute Gasteiger partial charge is 0.269 e. The molecule has 26 heavy (non-hydrogen) atoms. The maximum absolute atomic E-state index is 13.0. The van der Waals surface area contributed by atoms with Gasteiger partial charge in [-0.25, -0.2) is 14.3 Å². The van der Waals surface area contributed by atoms with Crippen LogP contribution in [-0.4, -0.2) is 40.2 Å². The minimum Gasteiger partial charge on any atom is -0.381 e. The van der Waals surface area contributed by atoms with E-state index in [1.165, 1.54) is 12.1 Å². The van der Waals surface area contributed by atoms with Gasteiger partial charge >= 0.3 is 0 Å². The van der Waals surface area contributed by atoms with E-state index in [2.05, 4.69) is 11.8 Å². The van der Waals surface area contributed by atoms with E-state index in [1.54, 1.807) is 12.1 Å². The fraction of sp³-hybridized carbons (Fsp3) is 0.444. The molecule has 0 spiro atoms. The van der Waals surface area contributed by atoms with Gasteiger partial charge in [0, 0.05) is 16.5 Å². The number of hydrogen-bond donors (Lipinski definition) is 4. The first-order chi connectivity index (χ1) is 11.9. The van der Waals surface area contributed by atoms with Crippen LogP contribution in [0.5, 0.6) is 0 Å². The molecule has 0 fully saturated rings. The van der Waals surface area contributed by atoms with Gasteiger partial charge in [0.15, 0.2) is 5.60 Å². The fourth-order valence-electron chi connectivity index (χ4n) is 1.85. The number of aliphatic hydroxyl groups is 1. The van der Waals surface area contributed by atoms with Crippen molar-refractivity contribution in [2.45, 2.75) is 45.8 Å². The van der Waals surface area contributed by atoms with Crippen LogP contribution in [0.25, 0.3) is 0 Å². The molecular formula is C18H22F2N2O4. The number of halogens is 2. The molecule has 1 aromatic carbocycles.